The summed E-state index contributed by atoms with van der Waals surface area (Å²) >= 11 is 5.93. The molecule has 14 heteroatoms. The number of hydrogen-bond acceptors (Lipinski definition) is 9. The van der Waals surface area contributed by atoms with Crippen molar-refractivity contribution in [1.29, 1.82) is 0 Å². The number of aromatic nitrogens is 2. The van der Waals surface area contributed by atoms with Crippen LogP contribution >= 0.6 is 11.6 Å². The lowest BCUT2D eigenvalue weighted by molar-refractivity contribution is 0.0593. The van der Waals surface area contributed by atoms with E-state index in [-0.39, 0.29) is 47.2 Å². The van der Waals surface area contributed by atoms with Gasteiger partial charge in [-0.2, -0.15) is 13.1 Å². The van der Waals surface area contributed by atoms with Crippen molar-refractivity contribution in [2.45, 2.75) is 37.1 Å². The van der Waals surface area contributed by atoms with Gasteiger partial charge in [0.05, 0.1) is 19.8 Å². The fourth-order valence-electron chi connectivity index (χ4n) is 5.15. The average molecular weight is 631 g/mol. The molecule has 0 unspecified atom stereocenters. The molecule has 43 heavy (non-hydrogen) atoms. The van der Waals surface area contributed by atoms with Crippen LogP contribution in [0.1, 0.15) is 52.1 Å². The first-order valence-corrected chi connectivity index (χ1v) is 15.6. The van der Waals surface area contributed by atoms with Crippen LogP contribution in [0.3, 0.4) is 0 Å². The second-order valence-electron chi connectivity index (χ2n) is 10.1. The van der Waals surface area contributed by atoms with E-state index in [2.05, 4.69) is 34.8 Å². The van der Waals surface area contributed by atoms with Crippen LogP contribution in [-0.4, -0.2) is 70.2 Å². The predicted molar refractivity (Wildman–Crippen MR) is 163 cm³/mol. The van der Waals surface area contributed by atoms with Crippen LogP contribution in [0.25, 0.3) is 0 Å². The second-order valence-corrected chi connectivity index (χ2v) is 12.1. The molecule has 230 valence electrons. The molecule has 1 aliphatic carbocycles. The van der Waals surface area contributed by atoms with Crippen molar-refractivity contribution in [1.82, 2.24) is 24.7 Å². The van der Waals surface area contributed by atoms with E-state index >= 15 is 0 Å². The third kappa shape index (κ3) is 8.63. The minimum Gasteiger partial charge on any atom is -0.496 e. The van der Waals surface area contributed by atoms with Crippen molar-refractivity contribution < 1.29 is 27.5 Å². The molecule has 0 radical (unpaired) electrons. The number of ether oxygens (including phenoxy) is 2. The highest BCUT2D eigenvalue weighted by Gasteiger charge is 2.38. The molecule has 1 fully saturated rings. The molecular weight excluding hydrogens is 596 g/mol. The highest BCUT2D eigenvalue weighted by molar-refractivity contribution is 7.87. The number of halogens is 1. The number of esters is 1. The first-order chi connectivity index (χ1) is 20.6. The van der Waals surface area contributed by atoms with Crippen LogP contribution in [0, 0.1) is 0 Å². The highest BCUT2D eigenvalue weighted by atomic mass is 35.5. The number of methoxy groups -OCH3 is 2. The maximum atomic E-state index is 13.1. The number of carbonyl (C=O) groups is 2. The van der Waals surface area contributed by atoms with Gasteiger partial charge in [0.25, 0.3) is 16.1 Å². The number of amides is 1. The molecule has 3 aromatic rings. The summed E-state index contributed by atoms with van der Waals surface area (Å²) in [7, 11) is -1.05. The molecule has 4 rings (SSSR count). The van der Waals surface area contributed by atoms with E-state index in [0.717, 1.165) is 5.56 Å². The van der Waals surface area contributed by atoms with Crippen molar-refractivity contribution in [3.8, 4) is 5.75 Å². The number of nitrogens with one attached hydrogen (secondary N) is 4. The zero-order chi connectivity index (χ0) is 30.9. The molecule has 1 aromatic heterocycles. The van der Waals surface area contributed by atoms with Gasteiger partial charge >= 0.3 is 5.97 Å². The summed E-state index contributed by atoms with van der Waals surface area (Å²) in [4.78, 5) is 32.8. The Balaban J connectivity index is 1.32. The first kappa shape index (κ1) is 32.1. The standard InChI is InChI=1S/C29H35ClN6O6S/c1-41-24-11-7-6-10-22(24)26(37)32-19-29(20-8-4-3-5-9-20)14-12-21(13-15-29)36-43(39,40)33-17-16-31-28-34-23(27(38)42-2)18-25(30)35-28/h3-11,18,21,33,36H,12-17,19H2,1-2H3,(H,32,37)(H,31,34,35)/t21-,29-. The molecule has 0 aliphatic heterocycles. The smallest absolute Gasteiger partial charge is 0.356 e. The van der Waals surface area contributed by atoms with E-state index < -0.39 is 16.2 Å². The van der Waals surface area contributed by atoms with Crippen LogP contribution in [0.15, 0.2) is 60.7 Å². The first-order valence-electron chi connectivity index (χ1n) is 13.7. The minimum absolute atomic E-state index is 0.0181. The van der Waals surface area contributed by atoms with Gasteiger partial charge in [-0.1, -0.05) is 54.1 Å². The summed E-state index contributed by atoms with van der Waals surface area (Å²) in [5, 5.41) is 5.97. The monoisotopic (exact) mass is 630 g/mol. The number of benzene rings is 2. The van der Waals surface area contributed by atoms with Gasteiger partial charge in [-0.3, -0.25) is 4.79 Å². The Kier molecular flexibility index (Phi) is 10.9. The molecule has 0 bridgehead atoms. The molecule has 4 N–H and O–H groups in total. The van der Waals surface area contributed by atoms with Crippen molar-refractivity contribution in [3.63, 3.8) is 0 Å². The Morgan fingerprint density at radius 2 is 1.70 bits per heavy atom. The molecule has 1 amide bonds. The molecule has 12 nitrogen and oxygen atoms in total. The van der Waals surface area contributed by atoms with Crippen LogP contribution < -0.4 is 24.8 Å². The van der Waals surface area contributed by atoms with Gasteiger partial charge in [-0.15, -0.1) is 0 Å². The maximum absolute atomic E-state index is 13.1. The molecule has 0 saturated heterocycles. The largest absolute Gasteiger partial charge is 0.496 e. The summed E-state index contributed by atoms with van der Waals surface area (Å²) in [6.45, 7) is 0.588. The number of nitrogens with zero attached hydrogens (tertiary/aromatic N) is 2. The Bertz CT molecular complexity index is 1520. The topological polar surface area (TPSA) is 161 Å². The molecule has 2 aromatic carbocycles. The van der Waals surface area contributed by atoms with Gasteiger partial charge in [-0.25, -0.2) is 19.5 Å². The zero-order valence-electron chi connectivity index (χ0n) is 23.9. The van der Waals surface area contributed by atoms with Gasteiger partial charge in [0.15, 0.2) is 5.69 Å². The van der Waals surface area contributed by atoms with Crippen molar-refractivity contribution in [2.75, 3.05) is 39.2 Å². The fourth-order valence-corrected chi connectivity index (χ4v) is 6.46. The van der Waals surface area contributed by atoms with E-state index in [4.69, 9.17) is 16.3 Å². The quantitative estimate of drug-likeness (QED) is 0.126. The molecule has 1 saturated carbocycles. The lowest BCUT2D eigenvalue weighted by atomic mass is 9.68. The number of rotatable bonds is 13. The molecule has 0 spiro atoms. The average Bonchev–Trinajstić information content (AvgIpc) is 3.02. The van der Waals surface area contributed by atoms with E-state index in [1.807, 2.05) is 36.4 Å². The SMILES string of the molecule is COC(=O)c1cc(Cl)nc(NCCNS(=O)(=O)N[C@H]2CC[C@](CNC(=O)c3ccccc3OC)(c3ccccc3)CC2)n1. The summed E-state index contributed by atoms with van der Waals surface area (Å²) in [6.07, 6.45) is 2.52. The van der Waals surface area contributed by atoms with E-state index in [9.17, 15) is 18.0 Å². The van der Waals surface area contributed by atoms with Gasteiger partial charge in [0.2, 0.25) is 5.95 Å². The van der Waals surface area contributed by atoms with E-state index in [1.165, 1.54) is 20.3 Å². The van der Waals surface area contributed by atoms with Gasteiger partial charge in [0.1, 0.15) is 10.9 Å². The Morgan fingerprint density at radius 3 is 2.40 bits per heavy atom. The normalized spacial score (nSPS) is 18.4. The minimum atomic E-state index is -3.81. The second kappa shape index (κ2) is 14.6. The summed E-state index contributed by atoms with van der Waals surface area (Å²) < 4.78 is 40.8. The zero-order valence-corrected chi connectivity index (χ0v) is 25.5. The predicted octanol–water partition coefficient (Wildman–Crippen LogP) is 3.07. The maximum Gasteiger partial charge on any atom is 0.356 e. The number of hydrogen-bond donors (Lipinski definition) is 4. The van der Waals surface area contributed by atoms with Crippen LogP contribution in [0.2, 0.25) is 5.15 Å². The third-order valence-electron chi connectivity index (χ3n) is 7.38. The van der Waals surface area contributed by atoms with Gasteiger partial charge in [-0.05, 0) is 43.4 Å². The summed E-state index contributed by atoms with van der Waals surface area (Å²) in [5.41, 5.74) is 1.19. The third-order valence-corrected chi connectivity index (χ3v) is 8.80. The van der Waals surface area contributed by atoms with Crippen LogP contribution in [0.5, 0.6) is 5.75 Å². The molecular formula is C29H35ClN6O6S. The molecule has 0 atom stereocenters. The van der Waals surface area contributed by atoms with Crippen LogP contribution in [-0.2, 0) is 20.4 Å². The van der Waals surface area contributed by atoms with Crippen molar-refractivity contribution >= 4 is 39.6 Å². The van der Waals surface area contributed by atoms with E-state index in [0.29, 0.717) is 43.5 Å². The Hall–Kier alpha value is -3.78. The van der Waals surface area contributed by atoms with Crippen molar-refractivity contribution in [3.05, 3.63) is 82.6 Å². The fraction of sp³-hybridized carbons (Fsp3) is 0.379. The number of para-hydroxylation sites is 1. The molecule has 1 heterocycles. The van der Waals surface area contributed by atoms with E-state index in [1.54, 1.807) is 18.2 Å². The van der Waals surface area contributed by atoms with Crippen LogP contribution in [0.4, 0.5) is 5.95 Å². The lowest BCUT2D eigenvalue weighted by Crippen LogP contribution is -2.49. The highest BCUT2D eigenvalue weighted by Crippen LogP contribution is 2.39. The van der Waals surface area contributed by atoms with Gasteiger partial charge in [0, 0.05) is 37.2 Å². The Morgan fingerprint density at radius 1 is 1.00 bits per heavy atom. The summed E-state index contributed by atoms with van der Waals surface area (Å²) in [6, 6.07) is 18.0. The number of carbonyl (C=O) groups excluding carboxylic acids is 2. The van der Waals surface area contributed by atoms with Gasteiger partial charge < -0.3 is 20.1 Å². The lowest BCUT2D eigenvalue weighted by Gasteiger charge is -2.41. The van der Waals surface area contributed by atoms with Crippen molar-refractivity contribution in [2.24, 2.45) is 0 Å². The summed E-state index contributed by atoms with van der Waals surface area (Å²) in [5.74, 6) is -0.319. The number of anilines is 1. The Labute approximate surface area is 256 Å². The molecule has 1 aliphatic rings.